The molecule has 2 saturated heterocycles. The first kappa shape index (κ1) is 7.18. The first-order valence-electron chi connectivity index (χ1n) is 4.43. The zero-order valence-corrected chi connectivity index (χ0v) is 6.92. The first-order valence-corrected chi connectivity index (χ1v) is 4.43. The van der Waals surface area contributed by atoms with Crippen molar-refractivity contribution in [1.29, 1.82) is 0 Å². The number of rotatable bonds is 1. The Kier molecular flexibility index (Phi) is 1.65. The molecule has 2 fully saturated rings. The Labute approximate surface area is 68.1 Å². The highest BCUT2D eigenvalue weighted by Crippen LogP contribution is 2.41. The van der Waals surface area contributed by atoms with Gasteiger partial charge in [-0.2, -0.15) is 0 Å². The van der Waals surface area contributed by atoms with Crippen molar-refractivity contribution in [3.8, 4) is 12.3 Å². The number of hydrogen-bond donors (Lipinski definition) is 0. The third kappa shape index (κ3) is 1.06. The molecule has 2 rings (SSSR count). The molecule has 0 spiro atoms. The fourth-order valence-electron chi connectivity index (χ4n) is 2.33. The zero-order valence-electron chi connectivity index (χ0n) is 6.92. The summed E-state index contributed by atoms with van der Waals surface area (Å²) in [5.41, 5.74) is 0. The Balaban J connectivity index is 2.03. The van der Waals surface area contributed by atoms with Gasteiger partial charge in [0.2, 0.25) is 0 Å². The summed E-state index contributed by atoms with van der Waals surface area (Å²) < 4.78 is 5.71. The monoisotopic (exact) mass is 150 g/mol. The van der Waals surface area contributed by atoms with E-state index in [2.05, 4.69) is 12.8 Å². The molecule has 2 aliphatic heterocycles. The van der Waals surface area contributed by atoms with Gasteiger partial charge < -0.3 is 4.74 Å². The van der Waals surface area contributed by atoms with E-state index in [0.717, 1.165) is 0 Å². The molecule has 0 aromatic carbocycles. The predicted octanol–water partition coefficient (Wildman–Crippen LogP) is 1.82. The summed E-state index contributed by atoms with van der Waals surface area (Å²) in [5.74, 6) is 3.87. The first-order chi connectivity index (χ1) is 5.31. The Morgan fingerprint density at radius 2 is 2.36 bits per heavy atom. The van der Waals surface area contributed by atoms with Gasteiger partial charge >= 0.3 is 0 Å². The van der Waals surface area contributed by atoms with E-state index in [9.17, 15) is 0 Å². The van der Waals surface area contributed by atoms with Crippen LogP contribution in [0.3, 0.4) is 0 Å². The minimum Gasteiger partial charge on any atom is -0.375 e. The van der Waals surface area contributed by atoms with Gasteiger partial charge in [-0.15, -0.1) is 12.3 Å². The van der Waals surface area contributed by atoms with Crippen LogP contribution in [0.25, 0.3) is 0 Å². The maximum absolute atomic E-state index is 5.71. The Hall–Kier alpha value is -0.480. The second-order valence-corrected chi connectivity index (χ2v) is 3.73. The highest BCUT2D eigenvalue weighted by Gasteiger charge is 2.42. The average molecular weight is 150 g/mol. The lowest BCUT2D eigenvalue weighted by atomic mass is 9.81. The smallest absolute Gasteiger partial charge is 0.0620 e. The van der Waals surface area contributed by atoms with Crippen LogP contribution in [0.4, 0.5) is 0 Å². The summed E-state index contributed by atoms with van der Waals surface area (Å²) in [7, 11) is 0. The van der Waals surface area contributed by atoms with Gasteiger partial charge in [0, 0.05) is 11.8 Å². The summed E-state index contributed by atoms with van der Waals surface area (Å²) in [6.07, 6.45) is 10.1. The van der Waals surface area contributed by atoms with E-state index in [1.807, 2.05) is 0 Å². The highest BCUT2D eigenvalue weighted by molar-refractivity contribution is 5.01. The fraction of sp³-hybridized carbons (Fsp3) is 0.800. The minimum absolute atomic E-state index is 0.408. The molecule has 1 nitrogen and oxygen atoms in total. The molecule has 2 aliphatic rings. The van der Waals surface area contributed by atoms with Crippen molar-refractivity contribution in [1.82, 2.24) is 0 Å². The SMILES string of the molecule is C#CC(C)C1CC2CCC1O2. The Morgan fingerprint density at radius 3 is 2.82 bits per heavy atom. The van der Waals surface area contributed by atoms with Crippen LogP contribution in [0.5, 0.6) is 0 Å². The van der Waals surface area contributed by atoms with Crippen molar-refractivity contribution in [3.05, 3.63) is 0 Å². The third-order valence-corrected chi connectivity index (χ3v) is 3.06. The number of fused-ring (bicyclic) bond motifs is 2. The van der Waals surface area contributed by atoms with Crippen LogP contribution in [0, 0.1) is 24.2 Å². The maximum atomic E-state index is 5.71. The van der Waals surface area contributed by atoms with Gasteiger partial charge in [0.05, 0.1) is 12.2 Å². The molecule has 4 unspecified atom stereocenters. The molecule has 60 valence electrons. The van der Waals surface area contributed by atoms with E-state index in [1.54, 1.807) is 0 Å². The van der Waals surface area contributed by atoms with E-state index < -0.39 is 0 Å². The normalized spacial score (nSPS) is 43.8. The van der Waals surface area contributed by atoms with Crippen LogP contribution in [0.15, 0.2) is 0 Å². The molecule has 2 bridgehead atoms. The zero-order chi connectivity index (χ0) is 7.84. The van der Waals surface area contributed by atoms with Crippen molar-refractivity contribution < 1.29 is 4.74 Å². The highest BCUT2D eigenvalue weighted by atomic mass is 16.5. The largest absolute Gasteiger partial charge is 0.375 e. The van der Waals surface area contributed by atoms with Crippen molar-refractivity contribution >= 4 is 0 Å². The van der Waals surface area contributed by atoms with E-state index in [0.29, 0.717) is 24.0 Å². The molecule has 0 N–H and O–H groups in total. The number of ether oxygens (including phenoxy) is 1. The lowest BCUT2D eigenvalue weighted by Gasteiger charge is -2.20. The Bertz CT molecular complexity index is 192. The lowest BCUT2D eigenvalue weighted by molar-refractivity contribution is 0.0879. The standard InChI is InChI=1S/C10H14O/c1-3-7(2)9-6-8-4-5-10(9)11-8/h1,7-10H,4-6H2,2H3. The molecule has 0 radical (unpaired) electrons. The summed E-state index contributed by atoms with van der Waals surface area (Å²) >= 11 is 0. The van der Waals surface area contributed by atoms with Gasteiger partial charge in [-0.1, -0.05) is 6.92 Å². The molecule has 2 heterocycles. The van der Waals surface area contributed by atoms with Gasteiger partial charge in [0.15, 0.2) is 0 Å². The molecular weight excluding hydrogens is 136 g/mol. The van der Waals surface area contributed by atoms with Crippen LogP contribution in [0.2, 0.25) is 0 Å². The maximum Gasteiger partial charge on any atom is 0.0620 e. The fourth-order valence-corrected chi connectivity index (χ4v) is 2.33. The summed E-state index contributed by atoms with van der Waals surface area (Å²) in [6, 6.07) is 0. The third-order valence-electron chi connectivity index (χ3n) is 3.06. The molecule has 0 aromatic heterocycles. The van der Waals surface area contributed by atoms with E-state index in [4.69, 9.17) is 11.2 Å². The van der Waals surface area contributed by atoms with Gasteiger partial charge in [0.1, 0.15) is 0 Å². The number of terminal acetylenes is 1. The molecule has 0 amide bonds. The van der Waals surface area contributed by atoms with Crippen molar-refractivity contribution in [2.45, 2.75) is 38.4 Å². The minimum atomic E-state index is 0.408. The molecule has 0 aromatic rings. The van der Waals surface area contributed by atoms with Crippen LogP contribution in [-0.4, -0.2) is 12.2 Å². The molecule has 0 aliphatic carbocycles. The van der Waals surface area contributed by atoms with Crippen molar-refractivity contribution in [2.24, 2.45) is 11.8 Å². The quantitative estimate of drug-likeness (QED) is 0.518. The van der Waals surface area contributed by atoms with Gasteiger partial charge in [-0.05, 0) is 19.3 Å². The molecule has 4 atom stereocenters. The number of hydrogen-bond acceptors (Lipinski definition) is 1. The van der Waals surface area contributed by atoms with Crippen molar-refractivity contribution in [2.75, 3.05) is 0 Å². The predicted molar refractivity (Wildman–Crippen MR) is 44.0 cm³/mol. The van der Waals surface area contributed by atoms with Gasteiger partial charge in [-0.3, -0.25) is 0 Å². The van der Waals surface area contributed by atoms with Crippen LogP contribution in [-0.2, 0) is 4.74 Å². The van der Waals surface area contributed by atoms with E-state index in [1.165, 1.54) is 19.3 Å². The topological polar surface area (TPSA) is 9.23 Å². The van der Waals surface area contributed by atoms with Crippen LogP contribution >= 0.6 is 0 Å². The Morgan fingerprint density at radius 1 is 1.55 bits per heavy atom. The lowest BCUT2D eigenvalue weighted by Crippen LogP contribution is -2.22. The summed E-state index contributed by atoms with van der Waals surface area (Å²) in [6.45, 7) is 2.13. The average Bonchev–Trinajstić information content (AvgIpc) is 2.62. The van der Waals surface area contributed by atoms with Gasteiger partial charge in [0.25, 0.3) is 0 Å². The van der Waals surface area contributed by atoms with E-state index in [-0.39, 0.29) is 0 Å². The van der Waals surface area contributed by atoms with E-state index >= 15 is 0 Å². The molecule has 0 saturated carbocycles. The molecule has 1 heteroatoms. The van der Waals surface area contributed by atoms with Crippen molar-refractivity contribution in [3.63, 3.8) is 0 Å². The van der Waals surface area contributed by atoms with Crippen LogP contribution in [0.1, 0.15) is 26.2 Å². The van der Waals surface area contributed by atoms with Crippen LogP contribution < -0.4 is 0 Å². The summed E-state index contributed by atoms with van der Waals surface area (Å²) in [4.78, 5) is 0. The molecular formula is C10H14O. The second-order valence-electron chi connectivity index (χ2n) is 3.73. The molecule has 11 heavy (non-hydrogen) atoms. The second kappa shape index (κ2) is 2.53. The summed E-state index contributed by atoms with van der Waals surface area (Å²) in [5, 5.41) is 0. The van der Waals surface area contributed by atoms with Gasteiger partial charge in [-0.25, -0.2) is 0 Å².